The van der Waals surface area contributed by atoms with Crippen LogP contribution in [0.4, 0.5) is 11.4 Å². The maximum absolute atomic E-state index is 12.8. The molecule has 0 fully saturated rings. The third-order valence-electron chi connectivity index (χ3n) is 5.06. The van der Waals surface area contributed by atoms with Crippen molar-refractivity contribution in [2.45, 2.75) is 6.42 Å². The van der Waals surface area contributed by atoms with Gasteiger partial charge in [-0.05, 0) is 53.9 Å². The van der Waals surface area contributed by atoms with Gasteiger partial charge >= 0.3 is 0 Å². The molecular weight excluding hydrogens is 402 g/mol. The van der Waals surface area contributed by atoms with E-state index in [1.807, 2.05) is 79.7 Å². The Kier molecular flexibility index (Phi) is 7.86. The number of methoxy groups -OCH3 is 2. The SMILES string of the molecule is COc1ccc(CCNC(=O)c2ccccc2N=Cc2ccc(N(C)C)cc2)cc1OC. The zero-order valence-electron chi connectivity index (χ0n) is 19.0. The standard InChI is InChI=1S/C26H29N3O3/c1-29(2)21-12-9-20(10-13-21)18-28-23-8-6-5-7-22(23)26(30)27-16-15-19-11-14-24(31-3)25(17-19)32-4/h5-14,17-18H,15-16H2,1-4H3,(H,27,30). The van der Waals surface area contributed by atoms with Gasteiger partial charge in [0.15, 0.2) is 11.5 Å². The normalized spacial score (nSPS) is 10.8. The van der Waals surface area contributed by atoms with Gasteiger partial charge < -0.3 is 19.7 Å². The Morgan fingerprint density at radius 3 is 2.38 bits per heavy atom. The minimum Gasteiger partial charge on any atom is -0.493 e. The summed E-state index contributed by atoms with van der Waals surface area (Å²) in [6, 6.07) is 21.2. The number of anilines is 1. The highest BCUT2D eigenvalue weighted by Gasteiger charge is 2.10. The predicted octanol–water partition coefficient (Wildman–Crippen LogP) is 4.49. The summed E-state index contributed by atoms with van der Waals surface area (Å²) in [4.78, 5) is 19.4. The van der Waals surface area contributed by atoms with Crippen molar-refractivity contribution < 1.29 is 14.3 Å². The lowest BCUT2D eigenvalue weighted by Gasteiger charge is -2.11. The van der Waals surface area contributed by atoms with Crippen molar-refractivity contribution in [1.82, 2.24) is 5.32 Å². The molecule has 1 N–H and O–H groups in total. The van der Waals surface area contributed by atoms with Crippen LogP contribution in [0.1, 0.15) is 21.5 Å². The highest BCUT2D eigenvalue weighted by Crippen LogP contribution is 2.27. The van der Waals surface area contributed by atoms with Gasteiger partial charge in [0, 0.05) is 32.5 Å². The third-order valence-corrected chi connectivity index (χ3v) is 5.06. The van der Waals surface area contributed by atoms with Gasteiger partial charge in [0.25, 0.3) is 5.91 Å². The molecule has 0 aliphatic heterocycles. The molecule has 3 aromatic carbocycles. The van der Waals surface area contributed by atoms with E-state index in [1.165, 1.54) is 0 Å². The van der Waals surface area contributed by atoms with Crippen LogP contribution < -0.4 is 19.7 Å². The number of nitrogens with one attached hydrogen (secondary N) is 1. The lowest BCUT2D eigenvalue weighted by molar-refractivity contribution is 0.0955. The number of rotatable bonds is 9. The van der Waals surface area contributed by atoms with E-state index < -0.39 is 0 Å². The number of para-hydroxylation sites is 1. The summed E-state index contributed by atoms with van der Waals surface area (Å²) in [7, 11) is 7.22. The maximum Gasteiger partial charge on any atom is 0.253 e. The second kappa shape index (κ2) is 11.0. The highest BCUT2D eigenvalue weighted by atomic mass is 16.5. The molecule has 3 rings (SSSR count). The summed E-state index contributed by atoms with van der Waals surface area (Å²) in [5, 5.41) is 2.98. The first-order chi connectivity index (χ1) is 15.5. The van der Waals surface area contributed by atoms with Crippen LogP contribution in [0.2, 0.25) is 0 Å². The number of benzene rings is 3. The summed E-state index contributed by atoms with van der Waals surface area (Å²) < 4.78 is 10.6. The average Bonchev–Trinajstić information content (AvgIpc) is 2.83. The van der Waals surface area contributed by atoms with Crippen LogP contribution in [0.5, 0.6) is 11.5 Å². The van der Waals surface area contributed by atoms with Crippen LogP contribution in [0.3, 0.4) is 0 Å². The second-order valence-electron chi connectivity index (χ2n) is 7.46. The fourth-order valence-electron chi connectivity index (χ4n) is 3.23. The quantitative estimate of drug-likeness (QED) is 0.507. The first kappa shape index (κ1) is 22.9. The van der Waals surface area contributed by atoms with E-state index in [-0.39, 0.29) is 5.91 Å². The Balaban J connectivity index is 1.64. The van der Waals surface area contributed by atoms with Gasteiger partial charge in [0.05, 0.1) is 25.5 Å². The molecule has 0 saturated heterocycles. The molecule has 166 valence electrons. The van der Waals surface area contributed by atoms with Gasteiger partial charge in [0.2, 0.25) is 0 Å². The molecule has 0 unspecified atom stereocenters. The first-order valence-electron chi connectivity index (χ1n) is 10.4. The smallest absolute Gasteiger partial charge is 0.253 e. The number of carbonyl (C=O) groups is 1. The van der Waals surface area contributed by atoms with Crippen molar-refractivity contribution in [3.8, 4) is 11.5 Å². The van der Waals surface area contributed by atoms with Crippen molar-refractivity contribution in [1.29, 1.82) is 0 Å². The second-order valence-corrected chi connectivity index (χ2v) is 7.46. The van der Waals surface area contributed by atoms with Crippen molar-refractivity contribution in [2.75, 3.05) is 39.8 Å². The summed E-state index contributed by atoms with van der Waals surface area (Å²) in [6.45, 7) is 0.498. The number of hydrogen-bond acceptors (Lipinski definition) is 5. The molecule has 0 aliphatic rings. The Bertz CT molecular complexity index is 1080. The van der Waals surface area contributed by atoms with Crippen LogP contribution >= 0.6 is 0 Å². The zero-order chi connectivity index (χ0) is 22.9. The molecule has 1 amide bonds. The molecule has 0 bridgehead atoms. The van der Waals surface area contributed by atoms with Crippen LogP contribution in [-0.2, 0) is 6.42 Å². The Labute approximate surface area is 189 Å². The van der Waals surface area contributed by atoms with E-state index in [9.17, 15) is 4.79 Å². The predicted molar refractivity (Wildman–Crippen MR) is 130 cm³/mol. The fraction of sp³-hybridized carbons (Fsp3) is 0.231. The Morgan fingerprint density at radius 1 is 0.969 bits per heavy atom. The van der Waals surface area contributed by atoms with Crippen molar-refractivity contribution in [2.24, 2.45) is 4.99 Å². The number of amides is 1. The molecule has 0 aliphatic carbocycles. The summed E-state index contributed by atoms with van der Waals surface area (Å²) >= 11 is 0. The molecule has 0 spiro atoms. The van der Waals surface area contributed by atoms with Gasteiger partial charge in [-0.3, -0.25) is 9.79 Å². The van der Waals surface area contributed by atoms with Gasteiger partial charge in [-0.25, -0.2) is 0 Å². The van der Waals surface area contributed by atoms with E-state index in [4.69, 9.17) is 9.47 Å². The van der Waals surface area contributed by atoms with Gasteiger partial charge in [-0.2, -0.15) is 0 Å². The summed E-state index contributed by atoms with van der Waals surface area (Å²) in [6.07, 6.45) is 2.45. The molecule has 0 heterocycles. The molecule has 3 aromatic rings. The molecule has 6 heteroatoms. The fourth-order valence-corrected chi connectivity index (χ4v) is 3.23. The number of hydrogen-bond donors (Lipinski definition) is 1. The molecule has 32 heavy (non-hydrogen) atoms. The van der Waals surface area contributed by atoms with Crippen LogP contribution in [0.15, 0.2) is 71.7 Å². The monoisotopic (exact) mass is 431 g/mol. The lowest BCUT2D eigenvalue weighted by atomic mass is 10.1. The minimum atomic E-state index is -0.152. The van der Waals surface area contributed by atoms with E-state index in [0.29, 0.717) is 35.7 Å². The first-order valence-corrected chi connectivity index (χ1v) is 10.4. The van der Waals surface area contributed by atoms with Gasteiger partial charge in [-0.1, -0.05) is 30.3 Å². The zero-order valence-corrected chi connectivity index (χ0v) is 19.0. The number of carbonyl (C=O) groups excluding carboxylic acids is 1. The van der Waals surface area contributed by atoms with E-state index in [0.717, 1.165) is 16.8 Å². The van der Waals surface area contributed by atoms with Gasteiger partial charge in [0.1, 0.15) is 0 Å². The molecular formula is C26H29N3O3. The van der Waals surface area contributed by atoms with Crippen molar-refractivity contribution >= 4 is 23.5 Å². The van der Waals surface area contributed by atoms with E-state index in [2.05, 4.69) is 10.3 Å². The number of aliphatic imine (C=N–C) groups is 1. The molecule has 0 atom stereocenters. The molecule has 0 radical (unpaired) electrons. The summed E-state index contributed by atoms with van der Waals surface area (Å²) in [5.41, 5.74) is 4.32. The largest absolute Gasteiger partial charge is 0.493 e. The molecule has 0 saturated carbocycles. The third kappa shape index (κ3) is 5.88. The molecule has 0 aromatic heterocycles. The van der Waals surface area contributed by atoms with Crippen molar-refractivity contribution in [3.05, 3.63) is 83.4 Å². The Hall–Kier alpha value is -3.80. The average molecular weight is 432 g/mol. The van der Waals surface area contributed by atoms with Crippen LogP contribution in [0.25, 0.3) is 0 Å². The van der Waals surface area contributed by atoms with Crippen molar-refractivity contribution in [3.63, 3.8) is 0 Å². The minimum absolute atomic E-state index is 0.152. The topological polar surface area (TPSA) is 63.2 Å². The van der Waals surface area contributed by atoms with E-state index in [1.54, 1.807) is 26.5 Å². The lowest BCUT2D eigenvalue weighted by Crippen LogP contribution is -2.25. The maximum atomic E-state index is 12.8. The molecule has 6 nitrogen and oxygen atoms in total. The highest BCUT2D eigenvalue weighted by molar-refractivity contribution is 6.00. The summed E-state index contributed by atoms with van der Waals surface area (Å²) in [5.74, 6) is 1.21. The van der Waals surface area contributed by atoms with Crippen LogP contribution in [0, 0.1) is 0 Å². The number of nitrogens with zero attached hydrogens (tertiary/aromatic N) is 2. The number of ether oxygens (including phenoxy) is 2. The van der Waals surface area contributed by atoms with Gasteiger partial charge in [-0.15, -0.1) is 0 Å². The Morgan fingerprint density at radius 2 is 1.69 bits per heavy atom. The van der Waals surface area contributed by atoms with Crippen LogP contribution in [-0.4, -0.2) is 47.0 Å². The van der Waals surface area contributed by atoms with E-state index >= 15 is 0 Å².